The number of nitriles is 1. The Balaban J connectivity index is 1.57. The van der Waals surface area contributed by atoms with Gasteiger partial charge < -0.3 is 20.2 Å². The fraction of sp³-hybridized carbons (Fsp3) is 0.125. The zero-order valence-electron chi connectivity index (χ0n) is 16.7. The molecule has 0 aliphatic rings. The molecule has 0 unspecified atom stereocenters. The Morgan fingerprint density at radius 1 is 0.935 bits per heavy atom. The summed E-state index contributed by atoms with van der Waals surface area (Å²) in [6.45, 7) is 1.27. The van der Waals surface area contributed by atoms with Crippen molar-refractivity contribution in [3.05, 3.63) is 83.9 Å². The maximum atomic E-state index is 9.81. The molecule has 4 aromatic rings. The van der Waals surface area contributed by atoms with Crippen LogP contribution in [0, 0.1) is 11.3 Å². The summed E-state index contributed by atoms with van der Waals surface area (Å²) in [4.78, 5) is 0. The normalized spacial score (nSPS) is 10.6. The molecule has 0 aliphatic heterocycles. The number of nitrogens with zero attached hydrogens (tertiary/aromatic N) is 3. The first-order chi connectivity index (χ1) is 15.3. The van der Waals surface area contributed by atoms with E-state index in [1.807, 2.05) is 66.7 Å². The number of aliphatic hydroxyl groups is 1. The third-order valence-electron chi connectivity index (χ3n) is 4.71. The molecule has 0 saturated carbocycles. The molecule has 4 rings (SSSR count). The van der Waals surface area contributed by atoms with Gasteiger partial charge in [0.1, 0.15) is 6.07 Å². The van der Waals surface area contributed by atoms with E-state index in [0.29, 0.717) is 24.2 Å². The molecular weight excluding hydrogens is 390 g/mol. The Morgan fingerprint density at radius 3 is 2.55 bits per heavy atom. The Morgan fingerprint density at radius 2 is 1.74 bits per heavy atom. The topological polar surface area (TPSA) is 107 Å². The first-order valence-electron chi connectivity index (χ1n) is 9.88. The van der Waals surface area contributed by atoms with Gasteiger partial charge in [0.2, 0.25) is 0 Å². The lowest BCUT2D eigenvalue weighted by Gasteiger charge is -2.07. The third kappa shape index (κ3) is 4.78. The van der Waals surface area contributed by atoms with Gasteiger partial charge in [-0.2, -0.15) is 5.26 Å². The van der Waals surface area contributed by atoms with Crippen LogP contribution in [-0.2, 0) is 6.54 Å². The first-order valence-corrected chi connectivity index (χ1v) is 9.88. The number of aromatic nitrogens is 2. The molecule has 0 amide bonds. The number of rotatable bonds is 8. The highest BCUT2D eigenvalue weighted by molar-refractivity contribution is 5.79. The second-order valence-corrected chi connectivity index (χ2v) is 6.84. The summed E-state index contributed by atoms with van der Waals surface area (Å²) < 4.78 is 5.81. The van der Waals surface area contributed by atoms with Gasteiger partial charge in [0, 0.05) is 24.3 Å². The van der Waals surface area contributed by atoms with Crippen LogP contribution < -0.4 is 10.6 Å². The van der Waals surface area contributed by atoms with E-state index in [1.54, 1.807) is 6.07 Å². The van der Waals surface area contributed by atoms with Crippen LogP contribution in [0.2, 0.25) is 0 Å². The summed E-state index contributed by atoms with van der Waals surface area (Å²) in [5.74, 6) is 0.276. The van der Waals surface area contributed by atoms with Crippen molar-refractivity contribution >= 4 is 11.7 Å². The van der Waals surface area contributed by atoms with E-state index in [9.17, 15) is 5.26 Å². The molecule has 7 nitrogen and oxygen atoms in total. The van der Waals surface area contributed by atoms with Gasteiger partial charge in [0.05, 0.1) is 17.7 Å². The van der Waals surface area contributed by atoms with Gasteiger partial charge in [-0.05, 0) is 29.3 Å². The summed E-state index contributed by atoms with van der Waals surface area (Å²) >= 11 is 0. The van der Waals surface area contributed by atoms with Crippen LogP contribution in [-0.4, -0.2) is 28.5 Å². The van der Waals surface area contributed by atoms with Crippen LogP contribution in [0.25, 0.3) is 22.6 Å². The second-order valence-electron chi connectivity index (χ2n) is 6.84. The predicted molar refractivity (Wildman–Crippen MR) is 118 cm³/mol. The molecule has 0 radical (unpaired) electrons. The molecule has 3 aromatic carbocycles. The van der Waals surface area contributed by atoms with Crippen LogP contribution in [0.4, 0.5) is 11.7 Å². The molecule has 0 fully saturated rings. The van der Waals surface area contributed by atoms with Crippen molar-refractivity contribution in [2.24, 2.45) is 0 Å². The Labute approximate surface area is 180 Å². The van der Waals surface area contributed by atoms with Crippen LogP contribution >= 0.6 is 0 Å². The number of hydrogen-bond acceptors (Lipinski definition) is 7. The quantitative estimate of drug-likeness (QED) is 0.375. The fourth-order valence-corrected chi connectivity index (χ4v) is 3.29. The van der Waals surface area contributed by atoms with Crippen LogP contribution in [0.3, 0.4) is 0 Å². The molecule has 0 spiro atoms. The highest BCUT2D eigenvalue weighted by atomic mass is 16.4. The minimum absolute atomic E-state index is 0.0961. The molecule has 7 heteroatoms. The van der Waals surface area contributed by atoms with Gasteiger partial charge in [-0.3, -0.25) is 0 Å². The zero-order valence-corrected chi connectivity index (χ0v) is 16.7. The van der Waals surface area contributed by atoms with Crippen molar-refractivity contribution in [2.45, 2.75) is 6.54 Å². The lowest BCUT2D eigenvalue weighted by molar-refractivity contribution is 0.292. The largest absolute Gasteiger partial charge is 0.403 e. The van der Waals surface area contributed by atoms with Gasteiger partial charge >= 0.3 is 6.01 Å². The molecular formula is C24H21N5O2. The lowest BCUT2D eigenvalue weighted by Crippen LogP contribution is -2.17. The van der Waals surface area contributed by atoms with Gasteiger partial charge in [-0.15, -0.1) is 5.10 Å². The second kappa shape index (κ2) is 9.67. The number of anilines is 2. The van der Waals surface area contributed by atoms with E-state index in [4.69, 9.17) is 9.52 Å². The van der Waals surface area contributed by atoms with Crippen molar-refractivity contribution in [2.75, 3.05) is 18.5 Å². The standard InChI is InChI=1S/C24H21N5O2/c25-15-22-20(18-7-2-1-3-8-18)10-5-11-21(22)23-28-29-24(31-23)27-19-9-4-6-17(14-19)16-26-12-13-30/h1-11,14,26,30H,12-13,16H2,(H,27,29). The maximum absolute atomic E-state index is 9.81. The average Bonchev–Trinajstić information content (AvgIpc) is 3.28. The first kappa shape index (κ1) is 20.3. The van der Waals surface area contributed by atoms with Crippen LogP contribution in [0.5, 0.6) is 0 Å². The third-order valence-corrected chi connectivity index (χ3v) is 4.71. The van der Waals surface area contributed by atoms with Crippen LogP contribution in [0.1, 0.15) is 11.1 Å². The van der Waals surface area contributed by atoms with E-state index in [2.05, 4.69) is 26.9 Å². The van der Waals surface area contributed by atoms with Crippen LogP contribution in [0.15, 0.2) is 77.2 Å². The smallest absolute Gasteiger partial charge is 0.320 e. The predicted octanol–water partition coefficient (Wildman–Crippen LogP) is 4.10. The van der Waals surface area contributed by atoms with Gasteiger partial charge in [0.15, 0.2) is 0 Å². The number of nitrogens with one attached hydrogen (secondary N) is 2. The van der Waals surface area contributed by atoms with Crippen molar-refractivity contribution in [3.63, 3.8) is 0 Å². The minimum atomic E-state index is 0.0961. The molecule has 3 N–H and O–H groups in total. The molecule has 1 aromatic heterocycles. The van der Waals surface area contributed by atoms with E-state index >= 15 is 0 Å². The molecule has 0 bridgehead atoms. The zero-order chi connectivity index (χ0) is 21.5. The molecule has 0 saturated heterocycles. The van der Waals surface area contributed by atoms with Gasteiger partial charge in [-0.1, -0.05) is 59.7 Å². The van der Waals surface area contributed by atoms with E-state index in [1.165, 1.54) is 0 Å². The highest BCUT2D eigenvalue weighted by Gasteiger charge is 2.16. The van der Waals surface area contributed by atoms with Crippen molar-refractivity contribution < 1.29 is 9.52 Å². The van der Waals surface area contributed by atoms with E-state index < -0.39 is 0 Å². The Bertz CT molecular complexity index is 1200. The van der Waals surface area contributed by atoms with Crippen molar-refractivity contribution in [1.29, 1.82) is 5.26 Å². The van der Waals surface area contributed by atoms with Gasteiger partial charge in [0.25, 0.3) is 5.89 Å². The number of hydrogen-bond donors (Lipinski definition) is 3. The summed E-state index contributed by atoms with van der Waals surface area (Å²) in [6.07, 6.45) is 0. The van der Waals surface area contributed by atoms with Crippen molar-refractivity contribution in [3.8, 4) is 28.7 Å². The summed E-state index contributed by atoms with van der Waals surface area (Å²) in [6, 6.07) is 25.6. The fourth-order valence-electron chi connectivity index (χ4n) is 3.29. The number of aliphatic hydroxyl groups excluding tert-OH is 1. The Hall–Kier alpha value is -3.99. The molecule has 1 heterocycles. The SMILES string of the molecule is N#Cc1c(-c2ccccc2)cccc1-c1nnc(Nc2cccc(CNCCO)c2)o1. The van der Waals surface area contributed by atoms with Crippen molar-refractivity contribution in [1.82, 2.24) is 15.5 Å². The summed E-state index contributed by atoms with van der Waals surface area (Å²) in [5.41, 5.74) is 4.70. The molecule has 31 heavy (non-hydrogen) atoms. The summed E-state index contributed by atoms with van der Waals surface area (Å²) in [7, 11) is 0. The molecule has 0 aliphatic carbocycles. The van der Waals surface area contributed by atoms with E-state index in [0.717, 1.165) is 22.4 Å². The number of benzene rings is 3. The maximum Gasteiger partial charge on any atom is 0.320 e. The monoisotopic (exact) mass is 411 g/mol. The highest BCUT2D eigenvalue weighted by Crippen LogP contribution is 2.32. The molecule has 0 atom stereocenters. The summed E-state index contributed by atoms with van der Waals surface area (Å²) in [5, 5.41) is 33.2. The van der Waals surface area contributed by atoms with E-state index in [-0.39, 0.29) is 18.5 Å². The lowest BCUT2D eigenvalue weighted by atomic mass is 9.96. The average molecular weight is 411 g/mol. The minimum Gasteiger partial charge on any atom is -0.403 e. The van der Waals surface area contributed by atoms with Gasteiger partial charge in [-0.25, -0.2) is 0 Å². The Kier molecular flexibility index (Phi) is 6.33. The molecule has 154 valence electrons.